The fourth-order valence-corrected chi connectivity index (χ4v) is 5.94. The Hall–Kier alpha value is -3.85. The molecule has 0 aliphatic carbocycles. The van der Waals surface area contributed by atoms with Crippen LogP contribution in [0.15, 0.2) is 71.7 Å². The van der Waals surface area contributed by atoms with Gasteiger partial charge < -0.3 is 0 Å². The molecular formula is C39H45N3. The zero-order chi connectivity index (χ0) is 30.1. The average molecular weight is 556 g/mol. The van der Waals surface area contributed by atoms with E-state index >= 15 is 0 Å². The van der Waals surface area contributed by atoms with Crippen molar-refractivity contribution in [2.45, 2.75) is 92.9 Å². The lowest BCUT2D eigenvalue weighted by molar-refractivity contribution is 0.806. The molecule has 5 rings (SSSR count). The monoisotopic (exact) mass is 555 g/mol. The zero-order valence-corrected chi connectivity index (χ0v) is 26.8. The summed E-state index contributed by atoms with van der Waals surface area (Å²) < 4.78 is 0. The van der Waals surface area contributed by atoms with Gasteiger partial charge in [0.05, 0.1) is 33.8 Å². The topological polar surface area (TPSA) is 38.1 Å². The molecule has 3 aromatic carbocycles. The van der Waals surface area contributed by atoms with E-state index in [9.17, 15) is 0 Å². The van der Waals surface area contributed by atoms with Crippen molar-refractivity contribution in [3.05, 3.63) is 100 Å². The highest BCUT2D eigenvalue weighted by Gasteiger charge is 2.20. The van der Waals surface area contributed by atoms with Crippen LogP contribution in [-0.2, 0) is 12.8 Å². The second kappa shape index (κ2) is 12.2. The molecule has 0 N–H and O–H groups in total. The van der Waals surface area contributed by atoms with Gasteiger partial charge in [0.1, 0.15) is 0 Å². The molecule has 0 atom stereocenters. The summed E-state index contributed by atoms with van der Waals surface area (Å²) in [5, 5.41) is 2.20. The van der Waals surface area contributed by atoms with Gasteiger partial charge in [0.2, 0.25) is 0 Å². The van der Waals surface area contributed by atoms with E-state index in [1.807, 2.05) is 0 Å². The van der Waals surface area contributed by atoms with E-state index in [2.05, 4.69) is 129 Å². The zero-order valence-electron chi connectivity index (χ0n) is 26.8. The van der Waals surface area contributed by atoms with Gasteiger partial charge in [0.15, 0.2) is 0 Å². The molecule has 216 valence electrons. The predicted molar refractivity (Wildman–Crippen MR) is 182 cm³/mol. The minimum absolute atomic E-state index is 0.392. The van der Waals surface area contributed by atoms with Crippen LogP contribution in [0, 0.1) is 0 Å². The largest absolute Gasteiger partial charge is 0.251 e. The van der Waals surface area contributed by atoms with E-state index in [1.165, 1.54) is 33.4 Å². The normalized spacial score (nSPS) is 12.4. The first-order valence-corrected chi connectivity index (χ1v) is 15.7. The van der Waals surface area contributed by atoms with Crippen molar-refractivity contribution in [3.63, 3.8) is 0 Å². The number of rotatable bonds is 8. The van der Waals surface area contributed by atoms with Crippen molar-refractivity contribution >= 4 is 33.2 Å². The maximum atomic E-state index is 5.37. The Kier molecular flexibility index (Phi) is 8.59. The van der Waals surface area contributed by atoms with Crippen LogP contribution in [-0.4, -0.2) is 15.7 Å². The van der Waals surface area contributed by atoms with Gasteiger partial charge in [-0.2, -0.15) is 0 Å². The summed E-state index contributed by atoms with van der Waals surface area (Å²) >= 11 is 0. The summed E-state index contributed by atoms with van der Waals surface area (Å²) in [6.45, 7) is 20.2. The maximum Gasteiger partial charge on any atom is 0.0972 e. The van der Waals surface area contributed by atoms with E-state index in [-0.39, 0.29) is 0 Å². The lowest BCUT2D eigenvalue weighted by Gasteiger charge is -2.23. The fraction of sp³-hybridized carbons (Fsp3) is 0.359. The highest BCUT2D eigenvalue weighted by Crippen LogP contribution is 2.39. The Bertz CT molecular complexity index is 1740. The second-order valence-electron chi connectivity index (χ2n) is 12.5. The molecule has 0 amide bonds. The summed E-state index contributed by atoms with van der Waals surface area (Å²) in [5.41, 5.74) is 13.8. The molecule has 2 aromatic heterocycles. The van der Waals surface area contributed by atoms with Gasteiger partial charge in [-0.1, -0.05) is 110 Å². The molecule has 42 heavy (non-hydrogen) atoms. The number of hydrogen-bond donors (Lipinski definition) is 0. The number of fused-ring (bicyclic) bond motifs is 3. The molecule has 0 fully saturated rings. The van der Waals surface area contributed by atoms with Crippen LogP contribution in [0.2, 0.25) is 0 Å². The molecule has 0 unspecified atom stereocenters. The smallest absolute Gasteiger partial charge is 0.0972 e. The molecule has 5 aromatic rings. The highest BCUT2D eigenvalue weighted by molar-refractivity contribution is 6.06. The number of aryl methyl sites for hydroxylation is 2. The first kappa shape index (κ1) is 29.6. The number of aromatic nitrogens is 2. The number of pyridine rings is 2. The van der Waals surface area contributed by atoms with Crippen LogP contribution in [0.4, 0.5) is 5.69 Å². The second-order valence-corrected chi connectivity index (χ2v) is 12.5. The molecule has 0 aliphatic heterocycles. The van der Waals surface area contributed by atoms with Crippen LogP contribution in [0.3, 0.4) is 0 Å². The number of hydrogen-bond acceptors (Lipinski definition) is 3. The summed E-state index contributed by atoms with van der Waals surface area (Å²) in [4.78, 5) is 15.7. The van der Waals surface area contributed by atoms with Crippen molar-refractivity contribution in [2.75, 3.05) is 0 Å². The van der Waals surface area contributed by atoms with Gasteiger partial charge in [-0.05, 0) is 77.5 Å². The van der Waals surface area contributed by atoms with Crippen molar-refractivity contribution in [2.24, 2.45) is 4.99 Å². The van der Waals surface area contributed by atoms with Gasteiger partial charge >= 0.3 is 0 Å². The first-order valence-electron chi connectivity index (χ1n) is 15.7. The van der Waals surface area contributed by atoms with Crippen molar-refractivity contribution in [3.8, 4) is 11.3 Å². The summed E-state index contributed by atoms with van der Waals surface area (Å²) in [5.74, 6) is 1.26. The SMILES string of the molecule is CCc1cccc(CC)c1N=C(C)c1ccc2ccc3ccc(-c4c(C(C)C)cc(C(C)C)cc4C(C)C)nc3c2n1. The molecule has 2 heterocycles. The number of nitrogens with zero attached hydrogens (tertiary/aromatic N) is 3. The molecule has 0 aliphatic rings. The van der Waals surface area contributed by atoms with Gasteiger partial charge in [-0.25, -0.2) is 9.97 Å². The minimum Gasteiger partial charge on any atom is -0.251 e. The Morgan fingerprint density at radius 3 is 1.71 bits per heavy atom. The lowest BCUT2D eigenvalue weighted by atomic mass is 9.83. The highest BCUT2D eigenvalue weighted by atomic mass is 14.8. The lowest BCUT2D eigenvalue weighted by Crippen LogP contribution is -2.05. The molecule has 0 bridgehead atoms. The summed E-state index contributed by atoms with van der Waals surface area (Å²) in [6.07, 6.45) is 1.91. The van der Waals surface area contributed by atoms with Crippen molar-refractivity contribution < 1.29 is 0 Å². The van der Waals surface area contributed by atoms with E-state index < -0.39 is 0 Å². The maximum absolute atomic E-state index is 5.37. The number of aliphatic imine (C=N–C) groups is 1. The molecule has 0 radical (unpaired) electrons. The molecule has 3 heteroatoms. The van der Waals surface area contributed by atoms with Gasteiger partial charge in [-0.15, -0.1) is 0 Å². The number of benzene rings is 3. The van der Waals surface area contributed by atoms with Crippen LogP contribution in [0.5, 0.6) is 0 Å². The van der Waals surface area contributed by atoms with Crippen LogP contribution in [0.25, 0.3) is 33.1 Å². The predicted octanol–water partition coefficient (Wildman–Crippen LogP) is 11.1. The molecule has 0 saturated carbocycles. The Labute approximate surface area is 252 Å². The van der Waals surface area contributed by atoms with E-state index in [0.717, 1.165) is 57.4 Å². The molecule has 3 nitrogen and oxygen atoms in total. The quantitative estimate of drug-likeness (QED) is 0.141. The summed E-state index contributed by atoms with van der Waals surface area (Å²) in [7, 11) is 0. The number of para-hydroxylation sites is 1. The van der Waals surface area contributed by atoms with E-state index in [0.29, 0.717) is 17.8 Å². The average Bonchev–Trinajstić information content (AvgIpc) is 2.99. The standard InChI is InChI=1S/C39H45N3/c1-10-27-13-12-14-28(11-2)37(27)40-26(9)34-19-17-29-15-16-30-18-20-35(42-39(30)38(29)41-34)36-32(24(5)6)21-31(23(3)4)22-33(36)25(7)8/h12-25H,10-11H2,1-9H3. The minimum atomic E-state index is 0.392. The van der Waals surface area contributed by atoms with Crippen LogP contribution >= 0.6 is 0 Å². The van der Waals surface area contributed by atoms with E-state index in [4.69, 9.17) is 15.0 Å². The Balaban J connectivity index is 1.72. The third kappa shape index (κ3) is 5.62. The van der Waals surface area contributed by atoms with Crippen molar-refractivity contribution in [1.82, 2.24) is 9.97 Å². The van der Waals surface area contributed by atoms with Crippen LogP contribution < -0.4 is 0 Å². The van der Waals surface area contributed by atoms with E-state index in [1.54, 1.807) is 0 Å². The first-order chi connectivity index (χ1) is 20.1. The summed E-state index contributed by atoms with van der Waals surface area (Å²) in [6, 6.07) is 24.3. The molecular weight excluding hydrogens is 510 g/mol. The van der Waals surface area contributed by atoms with Gasteiger partial charge in [-0.3, -0.25) is 4.99 Å². The molecule has 0 spiro atoms. The van der Waals surface area contributed by atoms with Crippen LogP contribution in [0.1, 0.15) is 114 Å². The Morgan fingerprint density at radius 2 is 1.19 bits per heavy atom. The van der Waals surface area contributed by atoms with Gasteiger partial charge in [0, 0.05) is 16.3 Å². The fourth-order valence-electron chi connectivity index (χ4n) is 5.94. The van der Waals surface area contributed by atoms with Crippen molar-refractivity contribution in [1.29, 1.82) is 0 Å². The molecule has 0 saturated heterocycles. The third-order valence-electron chi connectivity index (χ3n) is 8.52. The third-order valence-corrected chi connectivity index (χ3v) is 8.52. The Morgan fingerprint density at radius 1 is 0.667 bits per heavy atom. The van der Waals surface area contributed by atoms with Gasteiger partial charge in [0.25, 0.3) is 0 Å².